The first-order valence-corrected chi connectivity index (χ1v) is 18.5. The maximum atomic E-state index is 6.59. The van der Waals surface area contributed by atoms with Crippen molar-refractivity contribution in [3.8, 4) is 33.4 Å². The molecule has 0 aliphatic rings. The third-order valence-corrected chi connectivity index (χ3v) is 11.4. The summed E-state index contributed by atoms with van der Waals surface area (Å²) in [6.07, 6.45) is 0. The van der Waals surface area contributed by atoms with Gasteiger partial charge in [-0.05, 0) is 113 Å². The van der Waals surface area contributed by atoms with Gasteiger partial charge in [-0.1, -0.05) is 146 Å². The second kappa shape index (κ2) is 11.2. The van der Waals surface area contributed by atoms with E-state index in [1.165, 1.54) is 65.3 Å². The lowest BCUT2D eigenvalue weighted by molar-refractivity contribution is 0.663. The molecule has 250 valence electrons. The Labute approximate surface area is 310 Å². The van der Waals surface area contributed by atoms with Crippen molar-refractivity contribution in [1.82, 2.24) is 0 Å². The second-order valence-electron chi connectivity index (χ2n) is 14.3. The quantitative estimate of drug-likeness (QED) is 0.173. The summed E-state index contributed by atoms with van der Waals surface area (Å²) < 4.78 is 13.1. The number of furan rings is 2. The molecule has 0 bridgehead atoms. The molecule has 0 unspecified atom stereocenters. The van der Waals surface area contributed by atoms with Gasteiger partial charge in [0.25, 0.3) is 0 Å². The lowest BCUT2D eigenvalue weighted by atomic mass is 9.84. The molecule has 0 saturated carbocycles. The van der Waals surface area contributed by atoms with Crippen molar-refractivity contribution in [2.24, 2.45) is 0 Å². The Balaban J connectivity index is 1.04. The van der Waals surface area contributed by atoms with E-state index in [0.29, 0.717) is 0 Å². The standard InChI is InChI=1S/C52H30O2/c1-3-16-36-31(11-1)13-10-22-38(36)49-41-20-7-5-18-39(41)48(40-19-6-8-21-42(40)49)35-15-9-14-33(29-35)34-23-25-43-47(30-34)53-46-28-26-44-50-37-17-4-2-12-32(37)24-27-45(50)54-52(44)51(43)46/h1-30H. The van der Waals surface area contributed by atoms with Gasteiger partial charge in [0.15, 0.2) is 0 Å². The monoisotopic (exact) mass is 686 g/mol. The molecule has 0 amide bonds. The highest BCUT2D eigenvalue weighted by Crippen LogP contribution is 2.46. The van der Waals surface area contributed by atoms with E-state index in [2.05, 4.69) is 182 Å². The topological polar surface area (TPSA) is 26.3 Å². The minimum Gasteiger partial charge on any atom is -0.456 e. The number of fused-ring (bicyclic) bond motifs is 12. The normalized spacial score (nSPS) is 12.1. The third-order valence-electron chi connectivity index (χ3n) is 11.4. The van der Waals surface area contributed by atoms with Gasteiger partial charge in [0.2, 0.25) is 0 Å². The van der Waals surface area contributed by atoms with Crippen LogP contribution in [0.2, 0.25) is 0 Å². The maximum Gasteiger partial charge on any atom is 0.147 e. The molecule has 10 aromatic carbocycles. The van der Waals surface area contributed by atoms with E-state index in [0.717, 1.165) is 55.0 Å². The Morgan fingerprint density at radius 2 is 0.833 bits per heavy atom. The zero-order chi connectivity index (χ0) is 35.3. The molecule has 0 N–H and O–H groups in total. The van der Waals surface area contributed by atoms with E-state index in [1.807, 2.05) is 0 Å². The maximum absolute atomic E-state index is 6.59. The zero-order valence-corrected chi connectivity index (χ0v) is 29.1. The first-order valence-electron chi connectivity index (χ1n) is 18.5. The van der Waals surface area contributed by atoms with Crippen LogP contribution in [0.1, 0.15) is 0 Å². The molecule has 0 atom stereocenters. The summed E-state index contributed by atoms with van der Waals surface area (Å²) in [4.78, 5) is 0. The summed E-state index contributed by atoms with van der Waals surface area (Å²) in [7, 11) is 0. The van der Waals surface area contributed by atoms with E-state index in [1.54, 1.807) is 0 Å². The Kier molecular flexibility index (Phi) is 6.09. The van der Waals surface area contributed by atoms with Crippen LogP contribution < -0.4 is 0 Å². The van der Waals surface area contributed by atoms with Gasteiger partial charge in [0, 0.05) is 16.2 Å². The Hall–Kier alpha value is -7.16. The van der Waals surface area contributed by atoms with Crippen molar-refractivity contribution in [3.63, 3.8) is 0 Å². The average molecular weight is 687 g/mol. The van der Waals surface area contributed by atoms with Crippen LogP contribution in [0.5, 0.6) is 0 Å². The van der Waals surface area contributed by atoms with Crippen LogP contribution in [-0.2, 0) is 0 Å². The van der Waals surface area contributed by atoms with Crippen molar-refractivity contribution in [3.05, 3.63) is 182 Å². The lowest BCUT2D eigenvalue weighted by Gasteiger charge is -2.19. The van der Waals surface area contributed by atoms with Crippen LogP contribution in [0.4, 0.5) is 0 Å². The predicted octanol–water partition coefficient (Wildman–Crippen LogP) is 15.1. The van der Waals surface area contributed by atoms with Crippen LogP contribution in [0.3, 0.4) is 0 Å². The molecule has 0 aliphatic heterocycles. The van der Waals surface area contributed by atoms with Crippen molar-refractivity contribution in [2.75, 3.05) is 0 Å². The second-order valence-corrected chi connectivity index (χ2v) is 14.3. The number of hydrogen-bond donors (Lipinski definition) is 0. The lowest BCUT2D eigenvalue weighted by Crippen LogP contribution is -1.92. The molecule has 0 saturated heterocycles. The molecule has 54 heavy (non-hydrogen) atoms. The third kappa shape index (κ3) is 4.17. The van der Waals surface area contributed by atoms with Gasteiger partial charge in [0.1, 0.15) is 22.3 Å². The molecule has 2 aromatic heterocycles. The minimum absolute atomic E-state index is 0.830. The molecule has 2 nitrogen and oxygen atoms in total. The fourth-order valence-electron chi connectivity index (χ4n) is 9.07. The Morgan fingerprint density at radius 1 is 0.278 bits per heavy atom. The van der Waals surface area contributed by atoms with Crippen molar-refractivity contribution < 1.29 is 8.83 Å². The fourth-order valence-corrected chi connectivity index (χ4v) is 9.07. The molecule has 0 radical (unpaired) electrons. The van der Waals surface area contributed by atoms with Crippen LogP contribution in [0.15, 0.2) is 191 Å². The fraction of sp³-hybridized carbons (Fsp3) is 0. The van der Waals surface area contributed by atoms with Crippen molar-refractivity contribution in [1.29, 1.82) is 0 Å². The molecule has 0 aliphatic carbocycles. The summed E-state index contributed by atoms with van der Waals surface area (Å²) in [5.41, 5.74) is 10.7. The molecule has 2 heteroatoms. The van der Waals surface area contributed by atoms with E-state index >= 15 is 0 Å². The highest BCUT2D eigenvalue weighted by Gasteiger charge is 2.20. The van der Waals surface area contributed by atoms with Gasteiger partial charge >= 0.3 is 0 Å². The van der Waals surface area contributed by atoms with E-state index < -0.39 is 0 Å². The average Bonchev–Trinajstić information content (AvgIpc) is 3.81. The first-order chi connectivity index (χ1) is 26.8. The predicted molar refractivity (Wildman–Crippen MR) is 227 cm³/mol. The van der Waals surface area contributed by atoms with Crippen LogP contribution >= 0.6 is 0 Å². The largest absolute Gasteiger partial charge is 0.456 e. The van der Waals surface area contributed by atoms with Gasteiger partial charge in [-0.2, -0.15) is 0 Å². The molecule has 0 spiro atoms. The number of rotatable bonds is 3. The summed E-state index contributed by atoms with van der Waals surface area (Å²) >= 11 is 0. The van der Waals surface area contributed by atoms with E-state index in [9.17, 15) is 0 Å². The highest BCUT2D eigenvalue weighted by molar-refractivity contribution is 6.27. The van der Waals surface area contributed by atoms with E-state index in [4.69, 9.17) is 8.83 Å². The smallest absolute Gasteiger partial charge is 0.147 e. The molecule has 12 rings (SSSR count). The van der Waals surface area contributed by atoms with Crippen molar-refractivity contribution in [2.45, 2.75) is 0 Å². The summed E-state index contributed by atoms with van der Waals surface area (Å²) in [6.45, 7) is 0. The minimum atomic E-state index is 0.830. The van der Waals surface area contributed by atoms with Gasteiger partial charge in [0.05, 0.1) is 5.39 Å². The van der Waals surface area contributed by atoms with Gasteiger partial charge < -0.3 is 8.83 Å². The Morgan fingerprint density at radius 3 is 1.61 bits per heavy atom. The Bertz CT molecular complexity index is 3440. The van der Waals surface area contributed by atoms with Gasteiger partial charge in [-0.15, -0.1) is 0 Å². The molecule has 2 heterocycles. The van der Waals surface area contributed by atoms with Crippen LogP contribution in [-0.4, -0.2) is 0 Å². The summed E-state index contributed by atoms with van der Waals surface area (Å²) in [6, 6.07) is 65.6. The zero-order valence-electron chi connectivity index (χ0n) is 29.1. The number of hydrogen-bond acceptors (Lipinski definition) is 2. The molecular formula is C52H30O2. The van der Waals surface area contributed by atoms with Gasteiger partial charge in [-0.3, -0.25) is 0 Å². The molecule has 0 fully saturated rings. The summed E-state index contributed by atoms with van der Waals surface area (Å²) in [5.74, 6) is 0. The first kappa shape index (κ1) is 29.4. The van der Waals surface area contributed by atoms with E-state index in [-0.39, 0.29) is 0 Å². The number of benzene rings is 10. The molecule has 12 aromatic rings. The molecular weight excluding hydrogens is 657 g/mol. The highest BCUT2D eigenvalue weighted by atomic mass is 16.3. The van der Waals surface area contributed by atoms with Gasteiger partial charge in [-0.25, -0.2) is 0 Å². The van der Waals surface area contributed by atoms with Crippen LogP contribution in [0, 0.1) is 0 Å². The summed E-state index contributed by atoms with van der Waals surface area (Å²) in [5, 5.41) is 14.2. The van der Waals surface area contributed by atoms with Crippen molar-refractivity contribution >= 4 is 87.0 Å². The van der Waals surface area contributed by atoms with Crippen LogP contribution in [0.25, 0.3) is 120 Å². The SMILES string of the molecule is c1cc(-c2ccc3c(c2)oc2ccc4c(oc5ccc6ccccc6c54)c23)cc(-c2c3ccccc3c(-c3cccc4ccccc34)c3ccccc23)c1.